The number of nitrogens with two attached hydrogens (primary N) is 2. The molecule has 1 aromatic heterocycles. The number of carboxylic acid groups (broad SMARTS) is 2. The van der Waals surface area contributed by atoms with Crippen molar-refractivity contribution in [2.45, 2.75) is 31.6 Å². The number of aromatic nitrogens is 1. The molecular weight excluding hydrogens is 547 g/mol. The third-order valence-corrected chi connectivity index (χ3v) is 5.44. The topological polar surface area (TPSA) is 190 Å². The van der Waals surface area contributed by atoms with E-state index < -0.39 is 35.6 Å². The van der Waals surface area contributed by atoms with Gasteiger partial charge in [0.15, 0.2) is 5.96 Å². The molecule has 0 spiro atoms. The second kappa shape index (κ2) is 14.9. The van der Waals surface area contributed by atoms with Gasteiger partial charge in [0.25, 0.3) is 11.5 Å². The molecule has 14 heteroatoms. The van der Waals surface area contributed by atoms with E-state index in [2.05, 4.69) is 10.3 Å². The minimum Gasteiger partial charge on any atom is -0.480 e. The highest BCUT2D eigenvalue weighted by Gasteiger charge is 2.38. The number of benzene rings is 2. The van der Waals surface area contributed by atoms with Crippen LogP contribution in [0.15, 0.2) is 82.7 Å². The summed E-state index contributed by atoms with van der Waals surface area (Å²) in [6.45, 7) is 0.504. The summed E-state index contributed by atoms with van der Waals surface area (Å²) in [5.74, 6) is -4.79. The van der Waals surface area contributed by atoms with Gasteiger partial charge in [-0.05, 0) is 47.7 Å². The minimum absolute atomic E-state index is 0.0879. The molecule has 0 bridgehead atoms. The Kier molecular flexibility index (Phi) is 11.6. The predicted octanol–water partition coefficient (Wildman–Crippen LogP) is 2.43. The maximum absolute atomic E-state index is 13.0. The number of hydrogen-bond acceptors (Lipinski definition) is 5. The van der Waals surface area contributed by atoms with Crippen molar-refractivity contribution in [2.24, 2.45) is 16.5 Å². The number of amides is 1. The molecule has 11 nitrogen and oxygen atoms in total. The lowest BCUT2D eigenvalue weighted by atomic mass is 10.0. The number of halogens is 3. The fraction of sp³-hybridized carbons (Fsp3) is 0.222. The number of nitrogens with zero attached hydrogens (tertiary/aromatic N) is 2. The average Bonchev–Trinajstić information content (AvgIpc) is 2.91. The second-order valence-electron chi connectivity index (χ2n) is 8.54. The molecule has 0 fully saturated rings. The summed E-state index contributed by atoms with van der Waals surface area (Å²) in [5.41, 5.74) is 12.8. The standard InChI is InChI=1S/C25H27N5O4.C2HF3O2/c26-25(27)28-13-5-12-21(24(33)34)29-22(31)20-11-6-14-30(23(20)32)16-17-7-4-10-19(15-17)18-8-2-1-3-9-18;3-2(4,5)1(6)7/h1-4,6-11,14-15,21H,5,12-13,16H2,(H,29,31)(H,33,34)(H4,26,27,28);(H,6,7)/t21-;/m0./s1. The Morgan fingerprint density at radius 1 is 0.951 bits per heavy atom. The van der Waals surface area contributed by atoms with Crippen LogP contribution in [0.1, 0.15) is 28.8 Å². The molecule has 0 unspecified atom stereocenters. The van der Waals surface area contributed by atoms with Gasteiger partial charge in [0, 0.05) is 12.7 Å². The van der Waals surface area contributed by atoms with E-state index in [0.717, 1.165) is 16.7 Å². The zero-order chi connectivity index (χ0) is 30.6. The van der Waals surface area contributed by atoms with Crippen LogP contribution in [-0.2, 0) is 16.1 Å². The number of carbonyl (C=O) groups is 3. The smallest absolute Gasteiger partial charge is 0.480 e. The maximum atomic E-state index is 13.0. The Labute approximate surface area is 231 Å². The van der Waals surface area contributed by atoms with Crippen molar-refractivity contribution in [1.29, 1.82) is 0 Å². The van der Waals surface area contributed by atoms with Crippen LogP contribution < -0.4 is 22.3 Å². The zero-order valence-corrected chi connectivity index (χ0v) is 21.5. The lowest BCUT2D eigenvalue weighted by Gasteiger charge is -2.15. The van der Waals surface area contributed by atoms with E-state index in [-0.39, 0.29) is 31.0 Å². The highest BCUT2D eigenvalue weighted by atomic mass is 19.4. The Morgan fingerprint density at radius 3 is 2.17 bits per heavy atom. The summed E-state index contributed by atoms with van der Waals surface area (Å²) in [6.07, 6.45) is -3.02. The van der Waals surface area contributed by atoms with Gasteiger partial charge < -0.3 is 31.6 Å². The van der Waals surface area contributed by atoms with Gasteiger partial charge in [0.05, 0.1) is 6.54 Å². The highest BCUT2D eigenvalue weighted by molar-refractivity contribution is 5.96. The van der Waals surface area contributed by atoms with Gasteiger partial charge in [-0.2, -0.15) is 13.2 Å². The molecular formula is C27H28F3N5O6. The third-order valence-electron chi connectivity index (χ3n) is 5.44. The summed E-state index contributed by atoms with van der Waals surface area (Å²) in [5, 5.41) is 19.0. The normalized spacial score (nSPS) is 11.4. The number of aliphatic carboxylic acids is 2. The number of hydrogen-bond donors (Lipinski definition) is 5. The van der Waals surface area contributed by atoms with E-state index in [9.17, 15) is 32.7 Å². The van der Waals surface area contributed by atoms with Crippen LogP contribution in [0, 0.1) is 0 Å². The Balaban J connectivity index is 0.000000745. The molecule has 1 amide bonds. The molecule has 0 saturated heterocycles. The first-order chi connectivity index (χ1) is 19.3. The van der Waals surface area contributed by atoms with E-state index in [1.54, 1.807) is 12.3 Å². The van der Waals surface area contributed by atoms with Crippen LogP contribution in [0.2, 0.25) is 0 Å². The first-order valence-electron chi connectivity index (χ1n) is 12.0. The summed E-state index contributed by atoms with van der Waals surface area (Å²) >= 11 is 0. The number of guanidine groups is 1. The van der Waals surface area contributed by atoms with Crippen LogP contribution in [0.5, 0.6) is 0 Å². The lowest BCUT2D eigenvalue weighted by molar-refractivity contribution is -0.192. The van der Waals surface area contributed by atoms with Crippen LogP contribution >= 0.6 is 0 Å². The monoisotopic (exact) mass is 575 g/mol. The first kappa shape index (κ1) is 32.1. The number of nitrogens with one attached hydrogen (secondary N) is 1. The van der Waals surface area contributed by atoms with Crippen molar-refractivity contribution in [1.82, 2.24) is 9.88 Å². The van der Waals surface area contributed by atoms with E-state index in [0.29, 0.717) is 6.42 Å². The third kappa shape index (κ3) is 10.5. The van der Waals surface area contributed by atoms with Crippen molar-refractivity contribution in [3.63, 3.8) is 0 Å². The van der Waals surface area contributed by atoms with E-state index in [1.807, 2.05) is 54.6 Å². The molecule has 218 valence electrons. The van der Waals surface area contributed by atoms with Crippen molar-refractivity contribution in [3.05, 3.63) is 94.4 Å². The van der Waals surface area contributed by atoms with Crippen molar-refractivity contribution in [3.8, 4) is 11.1 Å². The number of carboxylic acids is 2. The lowest BCUT2D eigenvalue weighted by Crippen LogP contribution is -2.43. The first-order valence-corrected chi connectivity index (χ1v) is 12.0. The molecule has 0 aliphatic carbocycles. The predicted molar refractivity (Wildman–Crippen MR) is 144 cm³/mol. The number of pyridine rings is 1. The quantitative estimate of drug-likeness (QED) is 0.138. The van der Waals surface area contributed by atoms with Crippen molar-refractivity contribution in [2.75, 3.05) is 6.54 Å². The van der Waals surface area contributed by atoms with Crippen LogP contribution in [-0.4, -0.2) is 57.3 Å². The van der Waals surface area contributed by atoms with Gasteiger partial charge >= 0.3 is 18.1 Å². The van der Waals surface area contributed by atoms with Crippen LogP contribution in [0.3, 0.4) is 0 Å². The minimum atomic E-state index is -5.08. The summed E-state index contributed by atoms with van der Waals surface area (Å²) < 4.78 is 33.2. The highest BCUT2D eigenvalue weighted by Crippen LogP contribution is 2.20. The van der Waals surface area contributed by atoms with Gasteiger partial charge in [-0.25, -0.2) is 9.59 Å². The van der Waals surface area contributed by atoms with Gasteiger partial charge in [0.2, 0.25) is 0 Å². The molecule has 7 N–H and O–H groups in total. The molecule has 0 radical (unpaired) electrons. The van der Waals surface area contributed by atoms with E-state index in [1.165, 1.54) is 10.6 Å². The Bertz CT molecular complexity index is 1440. The molecule has 3 aromatic rings. The number of carbonyl (C=O) groups excluding carboxylic acids is 1. The maximum Gasteiger partial charge on any atom is 0.490 e. The van der Waals surface area contributed by atoms with Gasteiger partial charge in [-0.1, -0.05) is 48.5 Å². The fourth-order valence-electron chi connectivity index (χ4n) is 3.51. The summed E-state index contributed by atoms with van der Waals surface area (Å²) in [7, 11) is 0. The molecule has 1 heterocycles. The number of aliphatic imine (C=N–C) groups is 1. The van der Waals surface area contributed by atoms with Gasteiger partial charge in [0.1, 0.15) is 11.6 Å². The molecule has 3 rings (SSSR count). The molecule has 0 aliphatic heterocycles. The molecule has 0 saturated carbocycles. The summed E-state index contributed by atoms with van der Waals surface area (Å²) in [4.78, 5) is 49.9. The Morgan fingerprint density at radius 2 is 1.59 bits per heavy atom. The van der Waals surface area contributed by atoms with Crippen molar-refractivity contribution >= 4 is 23.8 Å². The molecule has 1 atom stereocenters. The van der Waals surface area contributed by atoms with E-state index >= 15 is 0 Å². The van der Waals surface area contributed by atoms with Crippen LogP contribution in [0.4, 0.5) is 13.2 Å². The van der Waals surface area contributed by atoms with Crippen LogP contribution in [0.25, 0.3) is 11.1 Å². The molecule has 41 heavy (non-hydrogen) atoms. The molecule has 2 aromatic carbocycles. The van der Waals surface area contributed by atoms with E-state index in [4.69, 9.17) is 21.4 Å². The molecule has 0 aliphatic rings. The summed E-state index contributed by atoms with van der Waals surface area (Å²) in [6, 6.07) is 19.5. The van der Waals surface area contributed by atoms with Gasteiger partial charge in [-0.3, -0.25) is 14.6 Å². The Hall–Kier alpha value is -5.14. The second-order valence-corrected chi connectivity index (χ2v) is 8.54. The van der Waals surface area contributed by atoms with Gasteiger partial charge in [-0.15, -0.1) is 0 Å². The number of alkyl halides is 3. The SMILES string of the molecule is NC(N)=NCCC[C@H](NC(=O)c1cccn(Cc2cccc(-c3ccccc3)c2)c1=O)C(=O)O.O=C(O)C(F)(F)F. The zero-order valence-electron chi connectivity index (χ0n) is 21.5. The largest absolute Gasteiger partial charge is 0.490 e. The fourth-order valence-corrected chi connectivity index (χ4v) is 3.51. The van der Waals surface area contributed by atoms with Crippen molar-refractivity contribution < 1.29 is 37.8 Å². The number of rotatable bonds is 10. The average molecular weight is 576 g/mol.